The molecule has 0 aliphatic heterocycles. The highest BCUT2D eigenvalue weighted by atomic mass is 35.5. The lowest BCUT2D eigenvalue weighted by molar-refractivity contribution is 0.421. The fourth-order valence-electron chi connectivity index (χ4n) is 2.41. The highest BCUT2D eigenvalue weighted by Gasteiger charge is 2.18. The molecule has 0 unspecified atom stereocenters. The summed E-state index contributed by atoms with van der Waals surface area (Å²) in [6.07, 6.45) is 3.09. The number of nitrogens with zero attached hydrogens (tertiary/aromatic N) is 6. The van der Waals surface area contributed by atoms with Crippen LogP contribution in [0, 0.1) is 11.3 Å². The first-order chi connectivity index (χ1) is 13.8. The maximum absolute atomic E-state index is 11.9. The number of halogens is 1. The predicted octanol–water partition coefficient (Wildman–Crippen LogP) is 2.46. The van der Waals surface area contributed by atoms with E-state index in [1.165, 1.54) is 20.2 Å². The third-order valence-electron chi connectivity index (χ3n) is 3.95. The molecule has 0 amide bonds. The average molecular weight is 433 g/mol. The molecule has 0 saturated heterocycles. The van der Waals surface area contributed by atoms with E-state index in [1.54, 1.807) is 53.7 Å². The summed E-state index contributed by atoms with van der Waals surface area (Å²) < 4.78 is 31.5. The van der Waals surface area contributed by atoms with Crippen LogP contribution in [0.15, 0.2) is 55.1 Å². The largest absolute Gasteiger partial charge is 0.384 e. The number of aromatic nitrogens is 3. The Labute approximate surface area is 173 Å². The van der Waals surface area contributed by atoms with Crippen molar-refractivity contribution in [3.63, 3.8) is 0 Å². The van der Waals surface area contributed by atoms with Crippen LogP contribution in [-0.4, -0.2) is 41.7 Å². The molecular weight excluding hydrogens is 416 g/mol. The van der Waals surface area contributed by atoms with Crippen LogP contribution in [0.3, 0.4) is 0 Å². The molecule has 0 atom stereocenters. The highest BCUT2D eigenvalue weighted by molar-refractivity contribution is 7.84. The topological polar surface area (TPSA) is 104 Å². The van der Waals surface area contributed by atoms with E-state index in [9.17, 15) is 8.42 Å². The summed E-state index contributed by atoms with van der Waals surface area (Å²) in [5.41, 5.74) is 2.14. The summed E-state index contributed by atoms with van der Waals surface area (Å²) in [6, 6.07) is 14.0. The van der Waals surface area contributed by atoms with Gasteiger partial charge in [0.2, 0.25) is 0 Å². The summed E-state index contributed by atoms with van der Waals surface area (Å²) in [6.45, 7) is 0.379. The molecule has 3 aromatic rings. The summed E-state index contributed by atoms with van der Waals surface area (Å²) in [5.74, 6) is 0.0401. The number of hydrogen-bond acceptors (Lipinski definition) is 7. The number of benzene rings is 2. The molecule has 150 valence electrons. The van der Waals surface area contributed by atoms with Gasteiger partial charge in [0.05, 0.1) is 28.9 Å². The maximum atomic E-state index is 11.9. The Bertz CT molecular complexity index is 1130. The van der Waals surface area contributed by atoms with Crippen LogP contribution in [0.2, 0.25) is 5.02 Å². The molecule has 0 aliphatic carbocycles. The molecule has 0 radical (unpaired) electrons. The second-order valence-corrected chi connectivity index (χ2v) is 8.31. The van der Waals surface area contributed by atoms with Crippen LogP contribution >= 0.6 is 11.6 Å². The number of rotatable bonds is 7. The molecule has 11 heteroatoms. The molecule has 0 bridgehead atoms. The van der Waals surface area contributed by atoms with Crippen molar-refractivity contribution >= 4 is 27.6 Å². The van der Waals surface area contributed by atoms with Gasteiger partial charge in [-0.1, -0.05) is 17.7 Å². The Kier molecular flexibility index (Phi) is 6.03. The average Bonchev–Trinajstić information content (AvgIpc) is 3.22. The zero-order chi connectivity index (χ0) is 21.0. The van der Waals surface area contributed by atoms with Gasteiger partial charge in [-0.3, -0.25) is 5.01 Å². The molecule has 1 heterocycles. The van der Waals surface area contributed by atoms with Gasteiger partial charge in [-0.2, -0.15) is 18.0 Å². The Morgan fingerprint density at radius 1 is 1.14 bits per heavy atom. The van der Waals surface area contributed by atoms with Crippen molar-refractivity contribution in [3.8, 4) is 11.8 Å². The van der Waals surface area contributed by atoms with Gasteiger partial charge in [-0.15, -0.1) is 10.2 Å². The molecule has 2 aromatic carbocycles. The molecule has 0 saturated carbocycles. The minimum absolute atomic E-state index is 0.0401. The molecular formula is C18H17ClN6O3S. The smallest absolute Gasteiger partial charge is 0.369 e. The third kappa shape index (κ3) is 4.83. The van der Waals surface area contributed by atoms with Crippen LogP contribution in [0.1, 0.15) is 11.1 Å². The Morgan fingerprint density at radius 3 is 2.34 bits per heavy atom. The Balaban J connectivity index is 1.88. The second kappa shape index (κ2) is 8.48. The van der Waals surface area contributed by atoms with Crippen LogP contribution < -0.4 is 9.19 Å². The number of hydrogen-bond donors (Lipinski definition) is 0. The lowest BCUT2D eigenvalue weighted by Crippen LogP contribution is -2.28. The van der Waals surface area contributed by atoms with E-state index in [-0.39, 0.29) is 10.8 Å². The number of nitriles is 1. The third-order valence-corrected chi connectivity index (χ3v) is 5.53. The first-order valence-electron chi connectivity index (χ1n) is 8.33. The quantitative estimate of drug-likeness (QED) is 0.564. The zero-order valence-electron chi connectivity index (χ0n) is 15.6. The molecule has 9 nitrogen and oxygen atoms in total. The van der Waals surface area contributed by atoms with Crippen molar-refractivity contribution in [3.05, 3.63) is 71.3 Å². The van der Waals surface area contributed by atoms with E-state index in [2.05, 4.69) is 16.3 Å². The zero-order valence-corrected chi connectivity index (χ0v) is 17.2. The van der Waals surface area contributed by atoms with Gasteiger partial charge in [0.25, 0.3) is 0 Å². The van der Waals surface area contributed by atoms with Gasteiger partial charge >= 0.3 is 10.3 Å². The maximum Gasteiger partial charge on any atom is 0.384 e. The molecule has 0 aliphatic rings. The molecule has 1 aromatic heterocycles. The van der Waals surface area contributed by atoms with E-state index in [1.807, 2.05) is 5.01 Å². The predicted molar refractivity (Wildman–Crippen MR) is 107 cm³/mol. The fraction of sp³-hybridized carbons (Fsp3) is 0.167. The van der Waals surface area contributed by atoms with Crippen LogP contribution in [0.25, 0.3) is 0 Å². The van der Waals surface area contributed by atoms with Crippen molar-refractivity contribution in [2.75, 3.05) is 19.1 Å². The molecule has 29 heavy (non-hydrogen) atoms. The summed E-state index contributed by atoms with van der Waals surface area (Å²) in [5, 5.41) is 18.7. The SMILES string of the molecule is CN(C)S(=O)(=O)Oc1ccc(CN(c2ccc(C#N)cc2)n2cnnc2)cc1Cl. The Hall–Kier alpha value is -3.13. The van der Waals surface area contributed by atoms with Crippen molar-refractivity contribution in [1.82, 2.24) is 19.2 Å². The Morgan fingerprint density at radius 2 is 1.79 bits per heavy atom. The lowest BCUT2D eigenvalue weighted by Gasteiger charge is -2.25. The van der Waals surface area contributed by atoms with Gasteiger partial charge in [0.1, 0.15) is 12.7 Å². The van der Waals surface area contributed by atoms with E-state index >= 15 is 0 Å². The molecule has 3 rings (SSSR count). The van der Waals surface area contributed by atoms with Crippen LogP contribution in [0.5, 0.6) is 5.75 Å². The normalized spacial score (nSPS) is 11.3. The summed E-state index contributed by atoms with van der Waals surface area (Å²) in [7, 11) is -1.17. The molecule has 0 spiro atoms. The van der Waals surface area contributed by atoms with Gasteiger partial charge in [-0.25, -0.2) is 4.68 Å². The summed E-state index contributed by atoms with van der Waals surface area (Å²) in [4.78, 5) is 0. The standard InChI is InChI=1S/C18H17ClN6O3S/c1-23(2)29(26,27)28-18-8-5-15(9-17(18)19)11-25(24-12-21-22-13-24)16-6-3-14(10-20)4-7-16/h3-9,12-13H,11H2,1-2H3. The van der Waals surface area contributed by atoms with E-state index in [0.29, 0.717) is 12.1 Å². The minimum atomic E-state index is -3.90. The first kappa shape index (κ1) is 20.6. The highest BCUT2D eigenvalue weighted by Crippen LogP contribution is 2.28. The van der Waals surface area contributed by atoms with Crippen molar-refractivity contribution in [2.45, 2.75) is 6.54 Å². The minimum Gasteiger partial charge on any atom is -0.369 e. The second-order valence-electron chi connectivity index (χ2n) is 6.15. The van der Waals surface area contributed by atoms with Gasteiger partial charge in [0.15, 0.2) is 5.75 Å². The van der Waals surface area contributed by atoms with E-state index < -0.39 is 10.3 Å². The van der Waals surface area contributed by atoms with E-state index in [4.69, 9.17) is 21.0 Å². The first-order valence-corrected chi connectivity index (χ1v) is 10.1. The van der Waals surface area contributed by atoms with Gasteiger partial charge in [0, 0.05) is 14.1 Å². The molecule has 0 N–H and O–H groups in total. The monoisotopic (exact) mass is 432 g/mol. The van der Waals surface area contributed by atoms with E-state index in [0.717, 1.165) is 15.6 Å². The van der Waals surface area contributed by atoms with Crippen LogP contribution in [-0.2, 0) is 16.8 Å². The number of anilines is 1. The van der Waals surface area contributed by atoms with Gasteiger partial charge in [-0.05, 0) is 42.0 Å². The van der Waals surface area contributed by atoms with Crippen LogP contribution in [0.4, 0.5) is 5.69 Å². The fourth-order valence-corrected chi connectivity index (χ4v) is 3.21. The lowest BCUT2D eigenvalue weighted by atomic mass is 10.2. The molecule has 0 fully saturated rings. The summed E-state index contributed by atoms with van der Waals surface area (Å²) >= 11 is 6.24. The van der Waals surface area contributed by atoms with Crippen molar-refractivity contribution in [2.24, 2.45) is 0 Å². The van der Waals surface area contributed by atoms with Crippen molar-refractivity contribution in [1.29, 1.82) is 5.26 Å². The van der Waals surface area contributed by atoms with Gasteiger partial charge < -0.3 is 4.18 Å². The van der Waals surface area contributed by atoms with Crippen molar-refractivity contribution < 1.29 is 12.6 Å².